The van der Waals surface area contributed by atoms with Crippen LogP contribution >= 0.6 is 11.3 Å². The lowest BCUT2D eigenvalue weighted by atomic mass is 9.78. The van der Waals surface area contributed by atoms with Crippen LogP contribution in [0.15, 0.2) is 217 Å². The van der Waals surface area contributed by atoms with Crippen LogP contribution in [0.1, 0.15) is 52.7 Å². The van der Waals surface area contributed by atoms with Crippen LogP contribution in [-0.2, 0) is 10.8 Å². The maximum absolute atomic E-state index is 6.28. The fourth-order valence-corrected chi connectivity index (χ4v) is 11.5. The zero-order valence-corrected chi connectivity index (χ0v) is 40.8. The standard InChI is InChI=1S/C66H53NOS/c1-65(2,3)46-37-45(38-47(41-46)66(4,5)6)49-27-16-19-42-20-17-28-53(63(42)49)50-23-7-11-30-57(50)67(48-22-15-21-43(39-48)44-35-36-60-56(40-44)52-25-9-13-32-59(52)68-60)58-31-12-8-24-51(58)54-29-18-34-62-64(54)55-26-10-14-33-61(55)69-62/h7-41H,1-6H3. The van der Waals surface area contributed by atoms with Crippen molar-refractivity contribution >= 4 is 81.3 Å². The summed E-state index contributed by atoms with van der Waals surface area (Å²) in [6.45, 7) is 13.9. The van der Waals surface area contributed by atoms with Crippen molar-refractivity contribution in [3.63, 3.8) is 0 Å². The van der Waals surface area contributed by atoms with E-state index in [1.54, 1.807) is 0 Å². The van der Waals surface area contributed by atoms with Gasteiger partial charge in [0.05, 0.1) is 11.4 Å². The average Bonchev–Trinajstić information content (AvgIpc) is 3.94. The van der Waals surface area contributed by atoms with Gasteiger partial charge in [-0.15, -0.1) is 11.3 Å². The first-order valence-electron chi connectivity index (χ1n) is 24.1. The minimum absolute atomic E-state index is 0.0177. The van der Waals surface area contributed by atoms with E-state index in [4.69, 9.17) is 4.42 Å². The molecule has 0 radical (unpaired) electrons. The molecule has 0 unspecified atom stereocenters. The van der Waals surface area contributed by atoms with Gasteiger partial charge in [0, 0.05) is 47.8 Å². The first-order chi connectivity index (χ1) is 33.5. The van der Waals surface area contributed by atoms with Crippen molar-refractivity contribution < 1.29 is 4.42 Å². The molecule has 0 aliphatic carbocycles. The Labute approximate surface area is 408 Å². The molecule has 69 heavy (non-hydrogen) atoms. The van der Waals surface area contributed by atoms with Gasteiger partial charge in [0.2, 0.25) is 0 Å². The predicted molar refractivity (Wildman–Crippen MR) is 298 cm³/mol. The van der Waals surface area contributed by atoms with Crippen LogP contribution in [0.3, 0.4) is 0 Å². The minimum atomic E-state index is -0.0177. The van der Waals surface area contributed by atoms with E-state index in [1.807, 2.05) is 23.5 Å². The summed E-state index contributed by atoms with van der Waals surface area (Å²) in [5.74, 6) is 0. The number of thiophene rings is 1. The Bertz CT molecular complexity index is 3910. The Balaban J connectivity index is 1.11. The van der Waals surface area contributed by atoms with Crippen molar-refractivity contribution in [3.05, 3.63) is 223 Å². The molecule has 0 saturated heterocycles. The molecular formula is C66H53NOS. The van der Waals surface area contributed by atoms with Crippen LogP contribution in [0.4, 0.5) is 17.1 Å². The molecule has 10 aromatic carbocycles. The third-order valence-corrected chi connectivity index (χ3v) is 15.1. The summed E-state index contributed by atoms with van der Waals surface area (Å²) < 4.78 is 8.86. The normalized spacial score (nSPS) is 12.2. The van der Waals surface area contributed by atoms with Crippen molar-refractivity contribution in [2.24, 2.45) is 0 Å². The van der Waals surface area contributed by atoms with Crippen molar-refractivity contribution in [2.45, 2.75) is 52.4 Å². The molecule has 12 aromatic rings. The highest BCUT2D eigenvalue weighted by Gasteiger charge is 2.26. The number of fused-ring (bicyclic) bond motifs is 7. The van der Waals surface area contributed by atoms with Gasteiger partial charge in [-0.3, -0.25) is 0 Å². The average molecular weight is 908 g/mol. The van der Waals surface area contributed by atoms with Gasteiger partial charge >= 0.3 is 0 Å². The Morgan fingerprint density at radius 1 is 0.362 bits per heavy atom. The van der Waals surface area contributed by atoms with Crippen molar-refractivity contribution in [2.75, 3.05) is 4.90 Å². The molecule has 2 heterocycles. The summed E-state index contributed by atoms with van der Waals surface area (Å²) in [5, 5.41) is 7.28. The van der Waals surface area contributed by atoms with E-state index in [0.29, 0.717) is 0 Å². The molecule has 0 aliphatic heterocycles. The minimum Gasteiger partial charge on any atom is -0.456 e. The molecule has 0 fully saturated rings. The molecular weight excluding hydrogens is 855 g/mol. The molecule has 3 heteroatoms. The van der Waals surface area contributed by atoms with Crippen LogP contribution in [-0.4, -0.2) is 0 Å². The highest BCUT2D eigenvalue weighted by atomic mass is 32.1. The lowest BCUT2D eigenvalue weighted by Gasteiger charge is -2.31. The topological polar surface area (TPSA) is 16.4 Å². The van der Waals surface area contributed by atoms with Gasteiger partial charge in [0.25, 0.3) is 0 Å². The fourth-order valence-electron chi connectivity index (χ4n) is 10.4. The van der Waals surface area contributed by atoms with Gasteiger partial charge in [-0.25, -0.2) is 0 Å². The van der Waals surface area contributed by atoms with Crippen molar-refractivity contribution in [3.8, 4) is 44.5 Å². The lowest BCUT2D eigenvalue weighted by molar-refractivity contribution is 0.569. The summed E-state index contributed by atoms with van der Waals surface area (Å²) in [7, 11) is 0. The van der Waals surface area contributed by atoms with Crippen LogP contribution in [0.2, 0.25) is 0 Å². The SMILES string of the molecule is CC(C)(C)c1cc(-c2cccc3cccc(-c4ccccc4N(c4cccc(-c5ccc6oc7ccccc7c6c5)c4)c4ccccc4-c4cccc5sc6ccccc6c45)c23)cc(C(C)(C)C)c1. The Kier molecular flexibility index (Phi) is 10.2. The molecule has 2 nitrogen and oxygen atoms in total. The number of rotatable bonds is 7. The summed E-state index contributed by atoms with van der Waals surface area (Å²) in [6.07, 6.45) is 0. The van der Waals surface area contributed by atoms with E-state index >= 15 is 0 Å². The van der Waals surface area contributed by atoms with Crippen LogP contribution in [0, 0.1) is 0 Å². The second-order valence-corrected chi connectivity index (χ2v) is 21.6. The molecule has 0 bridgehead atoms. The molecule has 0 amide bonds. The van der Waals surface area contributed by atoms with Crippen LogP contribution in [0.5, 0.6) is 0 Å². The number of benzene rings is 10. The molecule has 0 atom stereocenters. The monoisotopic (exact) mass is 907 g/mol. The third-order valence-electron chi connectivity index (χ3n) is 14.0. The highest BCUT2D eigenvalue weighted by Crippen LogP contribution is 2.50. The van der Waals surface area contributed by atoms with Crippen LogP contribution in [0.25, 0.3) is 97.4 Å². The molecule has 0 aliphatic rings. The molecule has 2 aromatic heterocycles. The van der Waals surface area contributed by atoms with Gasteiger partial charge in [-0.1, -0.05) is 199 Å². The number of hydrogen-bond acceptors (Lipinski definition) is 3. The number of hydrogen-bond donors (Lipinski definition) is 0. The molecule has 12 rings (SSSR count). The quantitative estimate of drug-likeness (QED) is 0.158. The van der Waals surface area contributed by atoms with Gasteiger partial charge in [-0.2, -0.15) is 0 Å². The summed E-state index contributed by atoms with van der Waals surface area (Å²) in [4.78, 5) is 2.51. The maximum Gasteiger partial charge on any atom is 0.135 e. The Morgan fingerprint density at radius 2 is 0.899 bits per heavy atom. The Hall–Kier alpha value is -7.72. The summed E-state index contributed by atoms with van der Waals surface area (Å²) in [6, 6.07) is 78.5. The van der Waals surface area contributed by atoms with Crippen LogP contribution < -0.4 is 4.90 Å². The van der Waals surface area contributed by atoms with E-state index in [9.17, 15) is 0 Å². The molecule has 0 saturated carbocycles. The second kappa shape index (κ2) is 16.5. The highest BCUT2D eigenvalue weighted by molar-refractivity contribution is 7.25. The van der Waals surface area contributed by atoms with E-state index in [-0.39, 0.29) is 10.8 Å². The number of nitrogens with zero attached hydrogens (tertiary/aromatic N) is 1. The lowest BCUT2D eigenvalue weighted by Crippen LogP contribution is -2.16. The zero-order chi connectivity index (χ0) is 47.0. The van der Waals surface area contributed by atoms with E-state index in [1.165, 1.54) is 69.9 Å². The maximum atomic E-state index is 6.28. The first kappa shape index (κ1) is 42.6. The van der Waals surface area contributed by atoms with Crippen molar-refractivity contribution in [1.29, 1.82) is 0 Å². The van der Waals surface area contributed by atoms with Gasteiger partial charge in [0.15, 0.2) is 0 Å². The summed E-state index contributed by atoms with van der Waals surface area (Å²) >= 11 is 1.86. The molecule has 334 valence electrons. The molecule has 0 spiro atoms. The van der Waals surface area contributed by atoms with E-state index in [2.05, 4.69) is 247 Å². The fraction of sp³-hybridized carbons (Fsp3) is 0.121. The first-order valence-corrected chi connectivity index (χ1v) is 24.9. The van der Waals surface area contributed by atoms with Gasteiger partial charge in [0.1, 0.15) is 11.2 Å². The number of furan rings is 1. The molecule has 0 N–H and O–H groups in total. The smallest absolute Gasteiger partial charge is 0.135 e. The van der Waals surface area contributed by atoms with Crippen molar-refractivity contribution in [1.82, 2.24) is 0 Å². The summed E-state index contributed by atoms with van der Waals surface area (Å²) in [5.41, 5.74) is 17.2. The number of para-hydroxylation sites is 3. The van der Waals surface area contributed by atoms with E-state index < -0.39 is 0 Å². The zero-order valence-electron chi connectivity index (χ0n) is 40.0. The van der Waals surface area contributed by atoms with E-state index in [0.717, 1.165) is 55.7 Å². The largest absolute Gasteiger partial charge is 0.456 e. The van der Waals surface area contributed by atoms with Gasteiger partial charge < -0.3 is 9.32 Å². The third kappa shape index (κ3) is 7.50. The van der Waals surface area contributed by atoms with Gasteiger partial charge in [-0.05, 0) is 121 Å². The predicted octanol–water partition coefficient (Wildman–Crippen LogP) is 19.8. The second-order valence-electron chi connectivity index (χ2n) is 20.5. The number of anilines is 3. The Morgan fingerprint density at radius 3 is 1.61 bits per heavy atom.